The Morgan fingerprint density at radius 1 is 1.27 bits per heavy atom. The number of hydrogen-bond acceptors (Lipinski definition) is 4. The molecule has 0 aromatic heterocycles. The van der Waals surface area contributed by atoms with E-state index in [-0.39, 0.29) is 46.9 Å². The van der Waals surface area contributed by atoms with Crippen LogP contribution in [0.15, 0.2) is 4.99 Å². The molecule has 0 aromatic rings. The van der Waals surface area contributed by atoms with Crippen molar-refractivity contribution in [2.45, 2.75) is 44.9 Å². The van der Waals surface area contributed by atoms with Crippen LogP contribution in [0.5, 0.6) is 0 Å². The van der Waals surface area contributed by atoms with E-state index < -0.39 is 9.84 Å². The van der Waals surface area contributed by atoms with Crippen LogP contribution in [0.4, 0.5) is 0 Å². The van der Waals surface area contributed by atoms with Crippen LogP contribution in [0.1, 0.15) is 26.7 Å². The SMILES string of the molecule is CN=C(NC1CCS(=O)(=O)C1)NC1C2CCOC2C1(C)C.I. The molecule has 2 heterocycles. The van der Waals surface area contributed by atoms with Gasteiger partial charge in [0.15, 0.2) is 15.8 Å². The summed E-state index contributed by atoms with van der Waals surface area (Å²) >= 11 is 0. The summed E-state index contributed by atoms with van der Waals surface area (Å²) < 4.78 is 28.9. The molecule has 4 unspecified atom stereocenters. The highest BCUT2D eigenvalue weighted by molar-refractivity contribution is 14.0. The van der Waals surface area contributed by atoms with E-state index in [2.05, 4.69) is 29.5 Å². The van der Waals surface area contributed by atoms with Crippen molar-refractivity contribution in [3.05, 3.63) is 0 Å². The summed E-state index contributed by atoms with van der Waals surface area (Å²) in [6.45, 7) is 5.26. The van der Waals surface area contributed by atoms with E-state index in [1.165, 1.54) is 0 Å². The van der Waals surface area contributed by atoms with Gasteiger partial charge in [-0.2, -0.15) is 0 Å². The van der Waals surface area contributed by atoms with Crippen LogP contribution in [0.25, 0.3) is 0 Å². The quantitative estimate of drug-likeness (QED) is 0.375. The Balaban J connectivity index is 0.00000176. The summed E-state index contributed by atoms with van der Waals surface area (Å²) in [6.07, 6.45) is 2.08. The van der Waals surface area contributed by atoms with E-state index in [0.717, 1.165) is 13.0 Å². The maximum atomic E-state index is 11.5. The second-order valence-corrected chi connectivity index (χ2v) is 9.23. The van der Waals surface area contributed by atoms with Crippen LogP contribution in [0.3, 0.4) is 0 Å². The molecule has 0 spiro atoms. The zero-order valence-electron chi connectivity index (χ0n) is 13.3. The average molecular weight is 443 g/mol. The van der Waals surface area contributed by atoms with Crippen LogP contribution < -0.4 is 10.6 Å². The molecule has 2 N–H and O–H groups in total. The van der Waals surface area contributed by atoms with Crippen molar-refractivity contribution in [1.29, 1.82) is 0 Å². The number of aliphatic imine (C=N–C) groups is 1. The Morgan fingerprint density at radius 2 is 2.00 bits per heavy atom. The summed E-state index contributed by atoms with van der Waals surface area (Å²) in [5.41, 5.74) is 0.0839. The van der Waals surface area contributed by atoms with Gasteiger partial charge in [-0.3, -0.25) is 4.99 Å². The molecule has 3 fully saturated rings. The third-order valence-corrected chi connectivity index (χ3v) is 6.96. The fraction of sp³-hybridized carbons (Fsp3) is 0.929. The summed E-state index contributed by atoms with van der Waals surface area (Å²) in [4.78, 5) is 4.26. The first-order valence-corrected chi connectivity index (χ1v) is 9.47. The standard InChI is InChI=1S/C14H25N3O3S.HI/c1-14(2)11(10-4-6-20-12(10)14)17-13(15-3)16-9-5-7-21(18,19)8-9;/h9-12H,4-8H2,1-3H3,(H2,15,16,17);1H. The smallest absolute Gasteiger partial charge is 0.191 e. The van der Waals surface area contributed by atoms with Crippen LogP contribution in [0.2, 0.25) is 0 Å². The topological polar surface area (TPSA) is 79.8 Å². The largest absolute Gasteiger partial charge is 0.377 e. The second-order valence-electron chi connectivity index (χ2n) is 7.00. The van der Waals surface area contributed by atoms with Gasteiger partial charge in [-0.15, -0.1) is 24.0 Å². The van der Waals surface area contributed by atoms with Gasteiger partial charge >= 0.3 is 0 Å². The van der Waals surface area contributed by atoms with Crippen molar-refractivity contribution < 1.29 is 13.2 Å². The molecule has 128 valence electrons. The fourth-order valence-corrected chi connectivity index (χ4v) is 5.71. The lowest BCUT2D eigenvalue weighted by molar-refractivity contribution is -0.106. The first-order chi connectivity index (χ1) is 9.83. The van der Waals surface area contributed by atoms with Gasteiger partial charge in [-0.25, -0.2) is 8.42 Å². The number of nitrogens with zero attached hydrogens (tertiary/aromatic N) is 1. The third kappa shape index (κ3) is 3.24. The lowest BCUT2D eigenvalue weighted by Crippen LogP contribution is -2.68. The van der Waals surface area contributed by atoms with Gasteiger partial charge in [0.25, 0.3) is 0 Å². The monoisotopic (exact) mass is 443 g/mol. The number of ether oxygens (including phenoxy) is 1. The van der Waals surface area contributed by atoms with Gasteiger partial charge in [0, 0.05) is 37.1 Å². The number of sulfone groups is 1. The molecule has 22 heavy (non-hydrogen) atoms. The number of halogens is 1. The minimum atomic E-state index is -2.87. The summed E-state index contributed by atoms with van der Waals surface area (Å²) in [7, 11) is -1.14. The van der Waals surface area contributed by atoms with Crippen LogP contribution in [-0.2, 0) is 14.6 Å². The molecule has 0 aromatic carbocycles. The van der Waals surface area contributed by atoms with Gasteiger partial charge in [-0.05, 0) is 12.8 Å². The molecule has 4 atom stereocenters. The predicted octanol–water partition coefficient (Wildman–Crippen LogP) is 0.770. The molecule has 2 aliphatic heterocycles. The maximum absolute atomic E-state index is 11.5. The van der Waals surface area contributed by atoms with E-state index in [0.29, 0.717) is 30.4 Å². The number of hydrogen-bond donors (Lipinski definition) is 2. The van der Waals surface area contributed by atoms with Crippen molar-refractivity contribution in [2.24, 2.45) is 16.3 Å². The molecule has 0 amide bonds. The van der Waals surface area contributed by atoms with E-state index in [9.17, 15) is 8.42 Å². The normalized spacial score (nSPS) is 38.6. The zero-order valence-corrected chi connectivity index (χ0v) is 16.5. The number of guanidine groups is 1. The Hall–Kier alpha value is -0.0900. The van der Waals surface area contributed by atoms with E-state index in [1.807, 2.05) is 0 Å². The van der Waals surface area contributed by atoms with Crippen molar-refractivity contribution >= 4 is 39.8 Å². The van der Waals surface area contributed by atoms with Crippen LogP contribution in [-0.4, -0.2) is 57.7 Å². The van der Waals surface area contributed by atoms with Gasteiger partial charge in [-0.1, -0.05) is 13.8 Å². The minimum absolute atomic E-state index is 0. The van der Waals surface area contributed by atoms with Crippen LogP contribution >= 0.6 is 24.0 Å². The molecule has 8 heteroatoms. The van der Waals surface area contributed by atoms with Gasteiger partial charge < -0.3 is 15.4 Å². The second kappa shape index (κ2) is 6.43. The third-order valence-electron chi connectivity index (χ3n) is 5.19. The summed E-state index contributed by atoms with van der Waals surface area (Å²) in [5, 5.41) is 6.74. The molecule has 6 nitrogen and oxygen atoms in total. The van der Waals surface area contributed by atoms with Gasteiger partial charge in [0.1, 0.15) is 0 Å². The Morgan fingerprint density at radius 3 is 2.59 bits per heavy atom. The lowest BCUT2D eigenvalue weighted by atomic mass is 9.57. The molecule has 0 bridgehead atoms. The molecule has 1 aliphatic carbocycles. The van der Waals surface area contributed by atoms with Crippen LogP contribution in [0, 0.1) is 11.3 Å². The van der Waals surface area contributed by atoms with Crippen molar-refractivity contribution in [3.63, 3.8) is 0 Å². The van der Waals surface area contributed by atoms with Gasteiger partial charge in [0.2, 0.25) is 0 Å². The lowest BCUT2D eigenvalue weighted by Gasteiger charge is -2.55. The molecule has 2 saturated heterocycles. The van der Waals surface area contributed by atoms with Crippen molar-refractivity contribution in [2.75, 3.05) is 25.2 Å². The molecular weight excluding hydrogens is 417 g/mol. The fourth-order valence-electron chi connectivity index (χ4n) is 4.04. The highest BCUT2D eigenvalue weighted by Crippen LogP contribution is 2.52. The average Bonchev–Trinajstić information content (AvgIpc) is 2.99. The number of rotatable bonds is 2. The van der Waals surface area contributed by atoms with E-state index in [4.69, 9.17) is 4.74 Å². The predicted molar refractivity (Wildman–Crippen MR) is 97.5 cm³/mol. The highest BCUT2D eigenvalue weighted by Gasteiger charge is 2.59. The maximum Gasteiger partial charge on any atom is 0.191 e. The Bertz CT molecular complexity index is 550. The Kier molecular flexibility index (Phi) is 5.33. The first kappa shape index (κ1) is 18.3. The molecule has 0 radical (unpaired) electrons. The molecular formula is C14H26IN3O3S. The first-order valence-electron chi connectivity index (χ1n) is 7.65. The van der Waals surface area contributed by atoms with Gasteiger partial charge in [0.05, 0.1) is 17.6 Å². The molecule has 3 aliphatic rings. The minimum Gasteiger partial charge on any atom is -0.377 e. The number of fused-ring (bicyclic) bond motifs is 1. The summed E-state index contributed by atoms with van der Waals surface area (Å²) in [5.74, 6) is 1.72. The molecule has 3 rings (SSSR count). The highest BCUT2D eigenvalue weighted by atomic mass is 127. The van der Waals surface area contributed by atoms with Crippen molar-refractivity contribution in [1.82, 2.24) is 10.6 Å². The van der Waals surface area contributed by atoms with Crippen molar-refractivity contribution in [3.8, 4) is 0 Å². The van der Waals surface area contributed by atoms with E-state index in [1.54, 1.807) is 7.05 Å². The summed E-state index contributed by atoms with van der Waals surface area (Å²) in [6, 6.07) is 0.300. The van der Waals surface area contributed by atoms with E-state index >= 15 is 0 Å². The zero-order chi connectivity index (χ0) is 15.3. The molecule has 1 saturated carbocycles. The number of nitrogens with one attached hydrogen (secondary N) is 2. The Labute approximate surface area is 149 Å².